The first-order valence-electron chi connectivity index (χ1n) is 3.95. The summed E-state index contributed by atoms with van der Waals surface area (Å²) < 4.78 is 0. The molecule has 0 amide bonds. The summed E-state index contributed by atoms with van der Waals surface area (Å²) in [7, 11) is 0. The molecule has 0 aliphatic rings. The van der Waals surface area contributed by atoms with Crippen LogP contribution in [0, 0.1) is 0 Å². The number of hydrogen-bond donors (Lipinski definition) is 1. The first-order chi connectivity index (χ1) is 4.50. The molecule has 0 aliphatic carbocycles. The molecule has 0 saturated carbocycles. The maximum absolute atomic E-state index is 5.95. The Kier molecular flexibility index (Phi) is 3.66. The van der Waals surface area contributed by atoms with Crippen molar-refractivity contribution in [3.05, 3.63) is 12.2 Å². The highest BCUT2D eigenvalue weighted by Crippen LogP contribution is 2.17. The Balaban J connectivity index is 3.75. The highest BCUT2D eigenvalue weighted by molar-refractivity contribution is 5.09. The van der Waals surface area contributed by atoms with Crippen LogP contribution in [0.2, 0.25) is 0 Å². The fraction of sp³-hybridized carbons (Fsp3) is 0.778. The molecule has 0 aromatic heterocycles. The van der Waals surface area contributed by atoms with Crippen molar-refractivity contribution in [2.75, 3.05) is 0 Å². The lowest BCUT2D eigenvalue weighted by Gasteiger charge is -2.24. The van der Waals surface area contributed by atoms with Crippen molar-refractivity contribution >= 4 is 0 Å². The topological polar surface area (TPSA) is 26.0 Å². The van der Waals surface area contributed by atoms with Crippen molar-refractivity contribution in [1.29, 1.82) is 0 Å². The van der Waals surface area contributed by atoms with Crippen LogP contribution in [-0.2, 0) is 0 Å². The van der Waals surface area contributed by atoms with Crippen molar-refractivity contribution in [2.24, 2.45) is 5.73 Å². The van der Waals surface area contributed by atoms with Gasteiger partial charge in [0.05, 0.1) is 0 Å². The molecule has 0 spiro atoms. The first kappa shape index (κ1) is 9.70. The van der Waals surface area contributed by atoms with E-state index in [1.807, 2.05) is 13.8 Å². The molecule has 0 bridgehead atoms. The summed E-state index contributed by atoms with van der Waals surface area (Å²) in [6.45, 7) is 10.1. The minimum atomic E-state index is -0.143. The van der Waals surface area contributed by atoms with E-state index in [0.29, 0.717) is 0 Å². The number of hydrogen-bond acceptors (Lipinski definition) is 1. The van der Waals surface area contributed by atoms with E-state index in [9.17, 15) is 0 Å². The molecule has 0 rings (SSSR count). The maximum Gasteiger partial charge on any atom is 0.0334 e. The predicted octanol–water partition coefficient (Wildman–Crippen LogP) is 2.47. The van der Waals surface area contributed by atoms with E-state index in [4.69, 9.17) is 5.73 Å². The van der Waals surface area contributed by atoms with E-state index in [-0.39, 0.29) is 5.54 Å². The smallest absolute Gasteiger partial charge is 0.0334 e. The quantitative estimate of drug-likeness (QED) is 0.598. The summed E-state index contributed by atoms with van der Waals surface area (Å²) in [4.78, 5) is 0. The zero-order chi connectivity index (χ0) is 8.20. The summed E-state index contributed by atoms with van der Waals surface area (Å²) in [6, 6.07) is 0. The molecule has 1 nitrogen and oxygen atoms in total. The van der Waals surface area contributed by atoms with Crippen LogP contribution >= 0.6 is 0 Å². The number of nitrogens with two attached hydrogens (primary N) is 1. The molecule has 0 fully saturated rings. The van der Waals surface area contributed by atoms with Gasteiger partial charge in [-0.05, 0) is 20.3 Å². The van der Waals surface area contributed by atoms with Gasteiger partial charge in [-0.3, -0.25) is 0 Å². The standard InChI is InChI=1S/C9H19N/c1-5-6-7-9(4,10)8(2)3/h2,5-7,10H2,1,3-4H3. The second kappa shape index (κ2) is 3.77. The molecule has 0 aromatic carbocycles. The van der Waals surface area contributed by atoms with Gasteiger partial charge in [0.15, 0.2) is 0 Å². The Hall–Kier alpha value is -0.300. The monoisotopic (exact) mass is 141 g/mol. The van der Waals surface area contributed by atoms with Gasteiger partial charge < -0.3 is 5.73 Å². The summed E-state index contributed by atoms with van der Waals surface area (Å²) in [5, 5.41) is 0. The van der Waals surface area contributed by atoms with Gasteiger partial charge in [-0.1, -0.05) is 31.9 Å². The lowest BCUT2D eigenvalue weighted by Crippen LogP contribution is -2.36. The average molecular weight is 141 g/mol. The minimum absolute atomic E-state index is 0.143. The van der Waals surface area contributed by atoms with Crippen LogP contribution in [0.5, 0.6) is 0 Å². The summed E-state index contributed by atoms with van der Waals surface area (Å²) >= 11 is 0. The van der Waals surface area contributed by atoms with Gasteiger partial charge in [0.25, 0.3) is 0 Å². The molecular formula is C9H19N. The molecule has 1 unspecified atom stereocenters. The number of rotatable bonds is 4. The van der Waals surface area contributed by atoms with Crippen molar-refractivity contribution in [1.82, 2.24) is 0 Å². The van der Waals surface area contributed by atoms with Crippen LogP contribution < -0.4 is 5.73 Å². The molecule has 2 N–H and O–H groups in total. The molecule has 0 aliphatic heterocycles. The SMILES string of the molecule is C=C(C)C(C)(N)CCCC. The highest BCUT2D eigenvalue weighted by Gasteiger charge is 2.17. The van der Waals surface area contributed by atoms with Gasteiger partial charge in [0.1, 0.15) is 0 Å². The number of unbranched alkanes of at least 4 members (excludes halogenated alkanes) is 1. The highest BCUT2D eigenvalue weighted by atomic mass is 14.7. The van der Waals surface area contributed by atoms with Gasteiger partial charge in [0, 0.05) is 5.54 Å². The average Bonchev–Trinajstić information content (AvgIpc) is 1.84. The van der Waals surface area contributed by atoms with Crippen molar-refractivity contribution in [3.8, 4) is 0 Å². The zero-order valence-electron chi connectivity index (χ0n) is 7.41. The van der Waals surface area contributed by atoms with E-state index in [1.54, 1.807) is 0 Å². The molecule has 10 heavy (non-hydrogen) atoms. The Bertz CT molecular complexity index is 114. The Morgan fingerprint density at radius 2 is 2.10 bits per heavy atom. The van der Waals surface area contributed by atoms with E-state index in [0.717, 1.165) is 12.0 Å². The fourth-order valence-corrected chi connectivity index (χ4v) is 0.757. The second-order valence-electron chi connectivity index (χ2n) is 3.30. The third kappa shape index (κ3) is 3.02. The molecule has 0 heterocycles. The Morgan fingerprint density at radius 3 is 2.40 bits per heavy atom. The molecular weight excluding hydrogens is 122 g/mol. The van der Waals surface area contributed by atoms with Gasteiger partial charge in [-0.15, -0.1) is 0 Å². The molecule has 0 saturated heterocycles. The lowest BCUT2D eigenvalue weighted by molar-refractivity contribution is 0.481. The van der Waals surface area contributed by atoms with Crippen molar-refractivity contribution in [2.45, 2.75) is 45.6 Å². The zero-order valence-corrected chi connectivity index (χ0v) is 7.41. The van der Waals surface area contributed by atoms with Crippen LogP contribution in [0.1, 0.15) is 40.0 Å². The Labute approximate surface area is 64.3 Å². The van der Waals surface area contributed by atoms with Crippen molar-refractivity contribution in [3.63, 3.8) is 0 Å². The maximum atomic E-state index is 5.95. The molecule has 1 heteroatoms. The van der Waals surface area contributed by atoms with E-state index < -0.39 is 0 Å². The normalized spacial score (nSPS) is 16.4. The van der Waals surface area contributed by atoms with E-state index in [1.165, 1.54) is 12.8 Å². The first-order valence-corrected chi connectivity index (χ1v) is 3.95. The van der Waals surface area contributed by atoms with E-state index in [2.05, 4.69) is 13.5 Å². The third-order valence-electron chi connectivity index (χ3n) is 2.02. The summed E-state index contributed by atoms with van der Waals surface area (Å²) in [6.07, 6.45) is 3.46. The van der Waals surface area contributed by atoms with Crippen LogP contribution in [0.4, 0.5) is 0 Å². The largest absolute Gasteiger partial charge is 0.322 e. The Morgan fingerprint density at radius 1 is 1.60 bits per heavy atom. The predicted molar refractivity (Wildman–Crippen MR) is 46.9 cm³/mol. The summed E-state index contributed by atoms with van der Waals surface area (Å²) in [5.41, 5.74) is 6.89. The van der Waals surface area contributed by atoms with Gasteiger partial charge in [0.2, 0.25) is 0 Å². The van der Waals surface area contributed by atoms with Crippen LogP contribution in [0.25, 0.3) is 0 Å². The van der Waals surface area contributed by atoms with Crippen LogP contribution in [0.3, 0.4) is 0 Å². The molecule has 60 valence electrons. The fourth-order valence-electron chi connectivity index (χ4n) is 0.757. The second-order valence-corrected chi connectivity index (χ2v) is 3.30. The van der Waals surface area contributed by atoms with Crippen molar-refractivity contribution < 1.29 is 0 Å². The third-order valence-corrected chi connectivity index (χ3v) is 2.02. The van der Waals surface area contributed by atoms with Gasteiger partial charge >= 0.3 is 0 Å². The van der Waals surface area contributed by atoms with Gasteiger partial charge in [-0.2, -0.15) is 0 Å². The lowest BCUT2D eigenvalue weighted by atomic mass is 9.90. The molecule has 0 radical (unpaired) electrons. The van der Waals surface area contributed by atoms with Crippen LogP contribution in [0.15, 0.2) is 12.2 Å². The van der Waals surface area contributed by atoms with Gasteiger partial charge in [-0.25, -0.2) is 0 Å². The molecule has 0 aromatic rings. The van der Waals surface area contributed by atoms with E-state index >= 15 is 0 Å². The molecule has 1 atom stereocenters. The summed E-state index contributed by atoms with van der Waals surface area (Å²) in [5.74, 6) is 0. The van der Waals surface area contributed by atoms with Crippen LogP contribution in [-0.4, -0.2) is 5.54 Å². The minimum Gasteiger partial charge on any atom is -0.322 e.